The van der Waals surface area contributed by atoms with E-state index < -0.39 is 5.97 Å². The molecule has 116 valence electrons. The Balaban J connectivity index is 2.09. The van der Waals surface area contributed by atoms with Crippen LogP contribution in [-0.4, -0.2) is 31.9 Å². The van der Waals surface area contributed by atoms with Crippen molar-refractivity contribution in [1.29, 1.82) is 0 Å². The quantitative estimate of drug-likeness (QED) is 0.645. The highest BCUT2D eigenvalue weighted by Gasteiger charge is 2.19. The summed E-state index contributed by atoms with van der Waals surface area (Å²) in [6.07, 6.45) is 2.95. The molecule has 1 unspecified atom stereocenters. The van der Waals surface area contributed by atoms with Gasteiger partial charge in [-0.1, -0.05) is 6.92 Å². The highest BCUT2D eigenvalue weighted by atomic mass is 16.5. The van der Waals surface area contributed by atoms with Crippen molar-refractivity contribution in [3.8, 4) is 5.75 Å². The van der Waals surface area contributed by atoms with Gasteiger partial charge in [-0.15, -0.1) is 0 Å². The summed E-state index contributed by atoms with van der Waals surface area (Å²) < 4.78 is 16.4. The van der Waals surface area contributed by atoms with E-state index >= 15 is 0 Å². The van der Waals surface area contributed by atoms with Gasteiger partial charge in [0.15, 0.2) is 0 Å². The molecule has 5 heteroatoms. The van der Waals surface area contributed by atoms with Gasteiger partial charge in [0.05, 0.1) is 24.0 Å². The van der Waals surface area contributed by atoms with Crippen molar-refractivity contribution >= 4 is 11.7 Å². The molecule has 21 heavy (non-hydrogen) atoms. The third-order valence-electron chi connectivity index (χ3n) is 3.39. The van der Waals surface area contributed by atoms with Gasteiger partial charge in [-0.2, -0.15) is 0 Å². The third kappa shape index (κ3) is 4.11. The van der Waals surface area contributed by atoms with Gasteiger partial charge in [0.25, 0.3) is 0 Å². The van der Waals surface area contributed by atoms with E-state index in [4.69, 9.17) is 19.9 Å². The van der Waals surface area contributed by atoms with E-state index in [9.17, 15) is 4.79 Å². The van der Waals surface area contributed by atoms with Crippen LogP contribution in [0.2, 0.25) is 0 Å². The zero-order valence-corrected chi connectivity index (χ0v) is 12.7. The summed E-state index contributed by atoms with van der Waals surface area (Å²) in [7, 11) is 0. The second kappa shape index (κ2) is 7.31. The number of esters is 1. The Morgan fingerprint density at radius 2 is 2.29 bits per heavy atom. The number of nitrogen functional groups attached to an aromatic ring is 1. The van der Waals surface area contributed by atoms with E-state index in [2.05, 4.69) is 0 Å². The molecule has 1 aromatic rings. The molecule has 0 spiro atoms. The lowest BCUT2D eigenvalue weighted by Crippen LogP contribution is -2.18. The lowest BCUT2D eigenvalue weighted by molar-refractivity contribution is 0.0505. The summed E-state index contributed by atoms with van der Waals surface area (Å²) in [5, 5.41) is 0. The predicted octanol–water partition coefficient (Wildman–Crippen LogP) is 2.70. The molecule has 0 aliphatic carbocycles. The Bertz CT molecular complexity index is 495. The number of hydrogen-bond acceptors (Lipinski definition) is 5. The Hall–Kier alpha value is -1.75. The van der Waals surface area contributed by atoms with Crippen LogP contribution in [0.5, 0.6) is 5.75 Å². The summed E-state index contributed by atoms with van der Waals surface area (Å²) in [6.45, 7) is 5.47. The maximum atomic E-state index is 12.0. The van der Waals surface area contributed by atoms with E-state index in [1.54, 1.807) is 6.07 Å². The molecule has 1 saturated heterocycles. The Morgan fingerprint density at radius 1 is 1.48 bits per heavy atom. The van der Waals surface area contributed by atoms with Crippen LogP contribution in [0, 0.1) is 6.92 Å². The van der Waals surface area contributed by atoms with Crippen LogP contribution in [0.3, 0.4) is 0 Å². The average Bonchev–Trinajstić information content (AvgIpc) is 2.98. The maximum Gasteiger partial charge on any atom is 0.340 e. The largest absolute Gasteiger partial charge is 0.489 e. The molecule has 1 fully saturated rings. The number of benzene rings is 1. The smallest absolute Gasteiger partial charge is 0.340 e. The van der Waals surface area contributed by atoms with E-state index in [-0.39, 0.29) is 6.10 Å². The maximum absolute atomic E-state index is 12.0. The number of hydrogen-bond donors (Lipinski definition) is 1. The summed E-state index contributed by atoms with van der Waals surface area (Å²) in [5.74, 6) is 0.119. The molecule has 5 nitrogen and oxygen atoms in total. The molecule has 0 radical (unpaired) electrons. The van der Waals surface area contributed by atoms with Crippen LogP contribution in [-0.2, 0) is 9.47 Å². The van der Waals surface area contributed by atoms with E-state index in [1.165, 1.54) is 0 Å². The van der Waals surface area contributed by atoms with Crippen molar-refractivity contribution in [2.75, 3.05) is 25.6 Å². The van der Waals surface area contributed by atoms with Crippen LogP contribution in [0.1, 0.15) is 42.1 Å². The third-order valence-corrected chi connectivity index (χ3v) is 3.39. The molecule has 2 rings (SSSR count). The Morgan fingerprint density at radius 3 is 2.95 bits per heavy atom. The van der Waals surface area contributed by atoms with Gasteiger partial charge in [-0.3, -0.25) is 0 Å². The number of ether oxygens (including phenoxy) is 3. The molecule has 1 aliphatic heterocycles. The summed E-state index contributed by atoms with van der Waals surface area (Å²) in [6, 6.07) is 3.56. The van der Waals surface area contributed by atoms with Gasteiger partial charge in [-0.05, 0) is 43.9 Å². The first-order valence-electron chi connectivity index (χ1n) is 7.43. The standard InChI is InChI=1S/C16H23NO4/c1-3-6-20-16(18)13-8-11(2)9-14(15(13)17)21-10-12-5-4-7-19-12/h8-9,12H,3-7,10,17H2,1-2H3. The monoisotopic (exact) mass is 293 g/mol. The first kappa shape index (κ1) is 15.6. The van der Waals surface area contributed by atoms with E-state index in [1.807, 2.05) is 19.9 Å². The van der Waals surface area contributed by atoms with Crippen molar-refractivity contribution in [2.45, 2.75) is 39.2 Å². The highest BCUT2D eigenvalue weighted by molar-refractivity contribution is 5.96. The number of nitrogens with two attached hydrogens (primary N) is 1. The highest BCUT2D eigenvalue weighted by Crippen LogP contribution is 2.29. The molecule has 1 aromatic carbocycles. The zero-order valence-electron chi connectivity index (χ0n) is 12.7. The van der Waals surface area contributed by atoms with Gasteiger partial charge >= 0.3 is 5.97 Å². The van der Waals surface area contributed by atoms with Gasteiger partial charge in [-0.25, -0.2) is 4.79 Å². The molecule has 2 N–H and O–H groups in total. The normalized spacial score (nSPS) is 17.7. The van der Waals surface area contributed by atoms with Crippen LogP contribution >= 0.6 is 0 Å². The number of aryl methyl sites for hydroxylation is 1. The van der Waals surface area contributed by atoms with E-state index in [0.29, 0.717) is 30.2 Å². The lowest BCUT2D eigenvalue weighted by Gasteiger charge is -2.15. The number of anilines is 1. The van der Waals surface area contributed by atoms with E-state index in [0.717, 1.165) is 31.4 Å². The molecule has 1 heterocycles. The van der Waals surface area contributed by atoms with Crippen molar-refractivity contribution in [1.82, 2.24) is 0 Å². The van der Waals surface area contributed by atoms with Gasteiger partial charge < -0.3 is 19.9 Å². The first-order chi connectivity index (χ1) is 10.1. The molecule has 0 saturated carbocycles. The molecule has 0 amide bonds. The topological polar surface area (TPSA) is 70.8 Å². The molecular weight excluding hydrogens is 270 g/mol. The number of carbonyl (C=O) groups excluding carboxylic acids is 1. The van der Waals surface area contributed by atoms with Gasteiger partial charge in [0.2, 0.25) is 0 Å². The molecule has 0 bridgehead atoms. The fraction of sp³-hybridized carbons (Fsp3) is 0.562. The minimum atomic E-state index is -0.403. The summed E-state index contributed by atoms with van der Waals surface area (Å²) in [4.78, 5) is 12.0. The van der Waals surface area contributed by atoms with Crippen LogP contribution < -0.4 is 10.5 Å². The lowest BCUT2D eigenvalue weighted by atomic mass is 10.1. The second-order valence-corrected chi connectivity index (χ2v) is 5.31. The first-order valence-corrected chi connectivity index (χ1v) is 7.43. The molecule has 1 aliphatic rings. The Labute approximate surface area is 125 Å². The predicted molar refractivity (Wildman–Crippen MR) is 80.6 cm³/mol. The van der Waals surface area contributed by atoms with Crippen LogP contribution in [0.25, 0.3) is 0 Å². The molecular formula is C16H23NO4. The average molecular weight is 293 g/mol. The van der Waals surface area contributed by atoms with Crippen molar-refractivity contribution in [2.24, 2.45) is 0 Å². The molecule has 1 atom stereocenters. The Kier molecular flexibility index (Phi) is 5.44. The summed E-state index contributed by atoms with van der Waals surface area (Å²) >= 11 is 0. The van der Waals surface area contributed by atoms with Crippen molar-refractivity contribution in [3.63, 3.8) is 0 Å². The summed E-state index contributed by atoms with van der Waals surface area (Å²) in [5.41, 5.74) is 7.65. The van der Waals surface area contributed by atoms with Crippen molar-refractivity contribution in [3.05, 3.63) is 23.3 Å². The zero-order chi connectivity index (χ0) is 15.2. The fourth-order valence-corrected chi connectivity index (χ4v) is 2.28. The van der Waals surface area contributed by atoms with Crippen LogP contribution in [0.15, 0.2) is 12.1 Å². The van der Waals surface area contributed by atoms with Gasteiger partial charge in [0, 0.05) is 6.61 Å². The molecule has 0 aromatic heterocycles. The minimum Gasteiger partial charge on any atom is -0.489 e. The number of rotatable bonds is 6. The second-order valence-electron chi connectivity index (χ2n) is 5.31. The fourth-order valence-electron chi connectivity index (χ4n) is 2.28. The van der Waals surface area contributed by atoms with Crippen LogP contribution in [0.4, 0.5) is 5.69 Å². The van der Waals surface area contributed by atoms with Crippen molar-refractivity contribution < 1.29 is 19.0 Å². The SMILES string of the molecule is CCCOC(=O)c1cc(C)cc(OCC2CCCO2)c1N. The number of carbonyl (C=O) groups is 1. The minimum absolute atomic E-state index is 0.111. The van der Waals surface area contributed by atoms with Gasteiger partial charge in [0.1, 0.15) is 12.4 Å².